The first kappa shape index (κ1) is 11.0. The maximum absolute atomic E-state index is 12.4. The van der Waals surface area contributed by atoms with E-state index in [4.69, 9.17) is 4.74 Å². The number of carbonyl (C=O) groups excluding carboxylic acids is 1. The van der Waals surface area contributed by atoms with Gasteiger partial charge in [0.25, 0.3) is 0 Å². The third kappa shape index (κ3) is 1.78. The smallest absolute Gasteiger partial charge is 0.194 e. The molecule has 1 aromatic heterocycles. The first-order chi connectivity index (χ1) is 8.75. The molecule has 0 amide bonds. The lowest BCUT2D eigenvalue weighted by Gasteiger charge is -2.05. The van der Waals surface area contributed by atoms with Gasteiger partial charge in [0.15, 0.2) is 5.78 Å². The van der Waals surface area contributed by atoms with Crippen LogP contribution in [0.2, 0.25) is 0 Å². The lowest BCUT2D eigenvalue weighted by Crippen LogP contribution is -2.04. The lowest BCUT2D eigenvalue weighted by atomic mass is 9.99. The number of carbonyl (C=O) groups is 1. The predicted octanol–water partition coefficient (Wildman–Crippen LogP) is 2.56. The molecule has 18 heavy (non-hydrogen) atoms. The third-order valence-corrected chi connectivity index (χ3v) is 3.24. The molecule has 0 saturated carbocycles. The molecule has 0 saturated heterocycles. The number of hydrogen-bond donors (Lipinski definition) is 0. The average Bonchev–Trinajstić information content (AvgIpc) is 2.85. The van der Waals surface area contributed by atoms with Gasteiger partial charge in [0.1, 0.15) is 5.75 Å². The van der Waals surface area contributed by atoms with Gasteiger partial charge < -0.3 is 4.74 Å². The van der Waals surface area contributed by atoms with Crippen LogP contribution >= 0.6 is 0 Å². The molecule has 3 heteroatoms. The van der Waals surface area contributed by atoms with Gasteiger partial charge in [-0.1, -0.05) is 0 Å². The van der Waals surface area contributed by atoms with Crippen molar-refractivity contribution in [2.45, 2.75) is 13.3 Å². The molecule has 0 N–H and O–H groups in total. The number of pyridine rings is 1. The number of ether oxygens (including phenoxy) is 1. The minimum Gasteiger partial charge on any atom is -0.493 e. The standard InChI is InChI=1S/C15H13NO2/c1-10-4-6-16-9-13(10)15(17)12-2-3-14-11(8-12)5-7-18-14/h2-4,6,8-9H,5,7H2,1H3. The summed E-state index contributed by atoms with van der Waals surface area (Å²) in [5, 5.41) is 0. The Bertz CT molecular complexity index is 620. The maximum Gasteiger partial charge on any atom is 0.194 e. The van der Waals surface area contributed by atoms with Crippen molar-refractivity contribution < 1.29 is 9.53 Å². The highest BCUT2D eigenvalue weighted by Crippen LogP contribution is 2.27. The monoisotopic (exact) mass is 239 g/mol. The summed E-state index contributed by atoms with van der Waals surface area (Å²) in [4.78, 5) is 16.4. The molecule has 0 bridgehead atoms. The molecule has 0 aliphatic carbocycles. The second-order valence-electron chi connectivity index (χ2n) is 4.44. The zero-order valence-electron chi connectivity index (χ0n) is 10.1. The van der Waals surface area contributed by atoms with Crippen LogP contribution in [0.5, 0.6) is 5.75 Å². The fourth-order valence-corrected chi connectivity index (χ4v) is 2.19. The highest BCUT2D eigenvalue weighted by atomic mass is 16.5. The van der Waals surface area contributed by atoms with Gasteiger partial charge in [0.05, 0.1) is 6.61 Å². The summed E-state index contributed by atoms with van der Waals surface area (Å²) in [5.41, 5.74) is 3.43. The van der Waals surface area contributed by atoms with Gasteiger partial charge in [0.2, 0.25) is 0 Å². The minimum absolute atomic E-state index is 0.0234. The molecule has 2 aromatic rings. The molecule has 0 spiro atoms. The molecule has 90 valence electrons. The van der Waals surface area contributed by atoms with Gasteiger partial charge in [-0.2, -0.15) is 0 Å². The van der Waals surface area contributed by atoms with Crippen LogP contribution in [0.15, 0.2) is 36.7 Å². The fourth-order valence-electron chi connectivity index (χ4n) is 2.19. The Morgan fingerprint density at radius 1 is 1.33 bits per heavy atom. The predicted molar refractivity (Wildman–Crippen MR) is 68.0 cm³/mol. The van der Waals surface area contributed by atoms with Crippen LogP contribution in [0.3, 0.4) is 0 Å². The van der Waals surface area contributed by atoms with E-state index in [1.807, 2.05) is 31.2 Å². The number of rotatable bonds is 2. The lowest BCUT2D eigenvalue weighted by molar-refractivity contribution is 0.103. The second-order valence-corrected chi connectivity index (χ2v) is 4.44. The second kappa shape index (κ2) is 4.26. The van der Waals surface area contributed by atoms with E-state index in [9.17, 15) is 4.79 Å². The summed E-state index contributed by atoms with van der Waals surface area (Å²) in [6.07, 6.45) is 4.20. The highest BCUT2D eigenvalue weighted by Gasteiger charge is 2.17. The van der Waals surface area contributed by atoms with Crippen LogP contribution in [0.1, 0.15) is 27.0 Å². The van der Waals surface area contributed by atoms with Gasteiger partial charge in [-0.25, -0.2) is 0 Å². The molecule has 1 aromatic carbocycles. The van der Waals surface area contributed by atoms with Gasteiger partial charge in [-0.15, -0.1) is 0 Å². The molecular weight excluding hydrogens is 226 g/mol. The largest absolute Gasteiger partial charge is 0.493 e. The van der Waals surface area contributed by atoms with Crippen LogP contribution in [0, 0.1) is 6.92 Å². The van der Waals surface area contributed by atoms with E-state index in [0.717, 1.165) is 23.3 Å². The molecule has 0 fully saturated rings. The van der Waals surface area contributed by atoms with Crippen molar-refractivity contribution in [2.24, 2.45) is 0 Å². The summed E-state index contributed by atoms with van der Waals surface area (Å²) >= 11 is 0. The third-order valence-electron chi connectivity index (χ3n) is 3.24. The van der Waals surface area contributed by atoms with Gasteiger partial charge in [-0.05, 0) is 42.3 Å². The Morgan fingerprint density at radius 3 is 3.06 bits per heavy atom. The number of aryl methyl sites for hydroxylation is 1. The highest BCUT2D eigenvalue weighted by molar-refractivity contribution is 6.09. The van der Waals surface area contributed by atoms with Crippen LogP contribution in [-0.2, 0) is 6.42 Å². The first-order valence-corrected chi connectivity index (χ1v) is 5.97. The van der Waals surface area contributed by atoms with E-state index in [0.29, 0.717) is 17.7 Å². The number of ketones is 1. The maximum atomic E-state index is 12.4. The Labute approximate surface area is 105 Å². The van der Waals surface area contributed by atoms with Crippen molar-refractivity contribution >= 4 is 5.78 Å². The SMILES string of the molecule is Cc1ccncc1C(=O)c1ccc2c(c1)CCO2. The van der Waals surface area contributed by atoms with Crippen LogP contribution < -0.4 is 4.74 Å². The van der Waals surface area contributed by atoms with Gasteiger partial charge in [0, 0.05) is 29.9 Å². The number of hydrogen-bond acceptors (Lipinski definition) is 3. The zero-order chi connectivity index (χ0) is 12.5. The first-order valence-electron chi connectivity index (χ1n) is 5.97. The minimum atomic E-state index is 0.0234. The Kier molecular flexibility index (Phi) is 2.59. The molecule has 0 atom stereocenters. The fraction of sp³-hybridized carbons (Fsp3) is 0.200. The number of nitrogens with zero attached hydrogens (tertiary/aromatic N) is 1. The Balaban J connectivity index is 2.01. The molecule has 1 aliphatic heterocycles. The molecule has 3 rings (SSSR count). The molecule has 3 nitrogen and oxygen atoms in total. The van der Waals surface area contributed by atoms with E-state index >= 15 is 0 Å². The summed E-state index contributed by atoms with van der Waals surface area (Å²) < 4.78 is 5.44. The van der Waals surface area contributed by atoms with Crippen LogP contribution in [0.4, 0.5) is 0 Å². The number of fused-ring (bicyclic) bond motifs is 1. The van der Waals surface area contributed by atoms with Crippen LogP contribution in [-0.4, -0.2) is 17.4 Å². The number of benzene rings is 1. The molecule has 1 aliphatic rings. The topological polar surface area (TPSA) is 39.2 Å². The summed E-state index contributed by atoms with van der Waals surface area (Å²) in [6.45, 7) is 2.63. The zero-order valence-corrected chi connectivity index (χ0v) is 10.1. The van der Waals surface area contributed by atoms with Crippen molar-refractivity contribution in [3.8, 4) is 5.75 Å². The van der Waals surface area contributed by atoms with Crippen LogP contribution in [0.25, 0.3) is 0 Å². The summed E-state index contributed by atoms with van der Waals surface area (Å²) in [7, 11) is 0. The van der Waals surface area contributed by atoms with Crippen molar-refractivity contribution in [1.82, 2.24) is 4.98 Å². The van der Waals surface area contributed by atoms with Crippen molar-refractivity contribution in [3.05, 3.63) is 58.9 Å². The van der Waals surface area contributed by atoms with E-state index in [1.165, 1.54) is 0 Å². The van der Waals surface area contributed by atoms with Crippen molar-refractivity contribution in [1.29, 1.82) is 0 Å². The van der Waals surface area contributed by atoms with E-state index in [-0.39, 0.29) is 5.78 Å². The summed E-state index contributed by atoms with van der Waals surface area (Å²) in [6, 6.07) is 7.47. The average molecular weight is 239 g/mol. The Hall–Kier alpha value is -2.16. The summed E-state index contributed by atoms with van der Waals surface area (Å²) in [5.74, 6) is 0.921. The molecule has 0 unspecified atom stereocenters. The quantitative estimate of drug-likeness (QED) is 0.756. The van der Waals surface area contributed by atoms with Crippen molar-refractivity contribution in [3.63, 3.8) is 0 Å². The molecular formula is C15H13NO2. The van der Waals surface area contributed by atoms with E-state index in [1.54, 1.807) is 12.4 Å². The van der Waals surface area contributed by atoms with Gasteiger partial charge >= 0.3 is 0 Å². The Morgan fingerprint density at radius 2 is 2.22 bits per heavy atom. The van der Waals surface area contributed by atoms with Gasteiger partial charge in [-0.3, -0.25) is 9.78 Å². The normalized spacial score (nSPS) is 12.9. The van der Waals surface area contributed by atoms with E-state index in [2.05, 4.69) is 4.98 Å². The van der Waals surface area contributed by atoms with E-state index < -0.39 is 0 Å². The molecule has 0 radical (unpaired) electrons. The molecule has 2 heterocycles. The number of aromatic nitrogens is 1. The van der Waals surface area contributed by atoms with Crippen molar-refractivity contribution in [2.75, 3.05) is 6.61 Å².